The summed E-state index contributed by atoms with van der Waals surface area (Å²) in [5.41, 5.74) is 0.709. The van der Waals surface area contributed by atoms with Crippen molar-refractivity contribution in [3.8, 4) is 0 Å². The van der Waals surface area contributed by atoms with Crippen molar-refractivity contribution in [3.63, 3.8) is 0 Å². The van der Waals surface area contributed by atoms with Crippen LogP contribution in [0.25, 0.3) is 0 Å². The lowest BCUT2D eigenvalue weighted by molar-refractivity contribution is 0.0175. The number of alkyl halides is 2. The van der Waals surface area contributed by atoms with Crippen LogP contribution in [0, 0.1) is 5.41 Å². The minimum atomic E-state index is -2.83. The second-order valence-electron chi connectivity index (χ2n) is 7.61. The molecule has 0 atom stereocenters. The van der Waals surface area contributed by atoms with Crippen molar-refractivity contribution in [1.82, 2.24) is 14.7 Å². The minimum Gasteiger partial charge on any atom is -0.379 e. The van der Waals surface area contributed by atoms with Gasteiger partial charge in [0.25, 0.3) is 5.92 Å². The molecule has 6 nitrogen and oxygen atoms in total. The second-order valence-corrected chi connectivity index (χ2v) is 7.61. The van der Waals surface area contributed by atoms with Crippen LogP contribution in [0.1, 0.15) is 12.5 Å². The van der Waals surface area contributed by atoms with Crippen LogP contribution in [-0.2, 0) is 10.7 Å². The Balaban J connectivity index is 1.36. The Morgan fingerprint density at radius 2 is 1.62 bits per heavy atom. The lowest BCUT2D eigenvalue weighted by Gasteiger charge is -2.37. The summed E-state index contributed by atoms with van der Waals surface area (Å²) in [6, 6.07) is 6.07. The van der Waals surface area contributed by atoms with E-state index in [9.17, 15) is 8.78 Å². The first kappa shape index (κ1) is 21.7. The Labute approximate surface area is 171 Å². The standard InChI is InChI=1S/C21H31F2N5O/c1-21(22,23)18-2-4-19(5-3-18)25-7-6-20(24)28-12-10-26(11-13-28)8-9-27-14-16-29-17-15-27/h2-7,24-25H,8-17H2,1H3/b7-6-,24-20?. The van der Waals surface area contributed by atoms with Gasteiger partial charge in [-0.25, -0.2) is 8.78 Å². The van der Waals surface area contributed by atoms with Gasteiger partial charge in [-0.2, -0.15) is 0 Å². The molecular formula is C21H31F2N5O. The van der Waals surface area contributed by atoms with E-state index in [1.165, 1.54) is 12.1 Å². The predicted octanol–water partition coefficient (Wildman–Crippen LogP) is 2.65. The zero-order valence-electron chi connectivity index (χ0n) is 17.0. The average molecular weight is 408 g/mol. The van der Waals surface area contributed by atoms with Crippen molar-refractivity contribution in [2.45, 2.75) is 12.8 Å². The fourth-order valence-electron chi connectivity index (χ4n) is 3.50. The Bertz CT molecular complexity index is 675. The molecule has 2 N–H and O–H groups in total. The molecule has 0 spiro atoms. The molecule has 8 heteroatoms. The van der Waals surface area contributed by atoms with Gasteiger partial charge in [0.1, 0.15) is 5.84 Å². The Kier molecular flexibility index (Phi) is 7.57. The molecule has 2 fully saturated rings. The molecule has 0 unspecified atom stereocenters. The molecule has 0 saturated carbocycles. The predicted molar refractivity (Wildman–Crippen MR) is 112 cm³/mol. The molecule has 29 heavy (non-hydrogen) atoms. The molecular weight excluding hydrogens is 376 g/mol. The highest BCUT2D eigenvalue weighted by molar-refractivity contribution is 5.90. The van der Waals surface area contributed by atoms with Gasteiger partial charge in [0, 0.05) is 76.7 Å². The second kappa shape index (κ2) is 10.1. The number of halogens is 2. The monoisotopic (exact) mass is 407 g/mol. The van der Waals surface area contributed by atoms with Crippen molar-refractivity contribution < 1.29 is 13.5 Å². The molecule has 2 heterocycles. The van der Waals surface area contributed by atoms with Gasteiger partial charge in [-0.05, 0) is 18.2 Å². The van der Waals surface area contributed by atoms with E-state index in [0.717, 1.165) is 78.2 Å². The number of hydrogen-bond donors (Lipinski definition) is 2. The smallest absolute Gasteiger partial charge is 0.270 e. The number of rotatable bonds is 7. The highest BCUT2D eigenvalue weighted by Crippen LogP contribution is 2.27. The summed E-state index contributed by atoms with van der Waals surface area (Å²) >= 11 is 0. The van der Waals surface area contributed by atoms with Crippen LogP contribution in [0.3, 0.4) is 0 Å². The number of nitrogens with zero attached hydrogens (tertiary/aromatic N) is 3. The highest BCUT2D eigenvalue weighted by Gasteiger charge is 2.23. The molecule has 2 aliphatic heterocycles. The molecule has 0 aromatic heterocycles. The van der Waals surface area contributed by atoms with Crippen LogP contribution in [0.2, 0.25) is 0 Å². The van der Waals surface area contributed by atoms with Gasteiger partial charge in [-0.1, -0.05) is 12.1 Å². The molecule has 1 aromatic rings. The van der Waals surface area contributed by atoms with Crippen molar-refractivity contribution in [3.05, 3.63) is 42.1 Å². The fourth-order valence-corrected chi connectivity index (χ4v) is 3.50. The molecule has 0 bridgehead atoms. The van der Waals surface area contributed by atoms with Gasteiger partial charge in [0.2, 0.25) is 0 Å². The summed E-state index contributed by atoms with van der Waals surface area (Å²) in [5, 5.41) is 11.3. The summed E-state index contributed by atoms with van der Waals surface area (Å²) < 4.78 is 31.9. The largest absolute Gasteiger partial charge is 0.379 e. The summed E-state index contributed by atoms with van der Waals surface area (Å²) in [6.07, 6.45) is 3.40. The third kappa shape index (κ3) is 6.76. The first-order chi connectivity index (χ1) is 13.9. The summed E-state index contributed by atoms with van der Waals surface area (Å²) in [6.45, 7) is 10.3. The molecule has 0 aliphatic carbocycles. The normalized spacial score (nSPS) is 19.6. The fraction of sp³-hybridized carbons (Fsp3) is 0.571. The van der Waals surface area contributed by atoms with E-state index in [1.807, 2.05) is 0 Å². The zero-order valence-corrected chi connectivity index (χ0v) is 17.0. The van der Waals surface area contributed by atoms with Gasteiger partial charge >= 0.3 is 0 Å². The molecule has 1 aromatic carbocycles. The molecule has 2 aliphatic rings. The number of piperazine rings is 1. The van der Waals surface area contributed by atoms with Crippen molar-refractivity contribution >= 4 is 11.5 Å². The Morgan fingerprint density at radius 3 is 2.21 bits per heavy atom. The number of hydrogen-bond acceptors (Lipinski definition) is 5. The summed E-state index contributed by atoms with van der Waals surface area (Å²) in [5.74, 6) is -2.37. The van der Waals surface area contributed by atoms with Crippen molar-refractivity contribution in [1.29, 1.82) is 5.41 Å². The topological polar surface area (TPSA) is 54.8 Å². The van der Waals surface area contributed by atoms with Crippen LogP contribution in [-0.4, -0.2) is 86.1 Å². The quantitative estimate of drug-likeness (QED) is 0.538. The average Bonchev–Trinajstić information content (AvgIpc) is 2.73. The summed E-state index contributed by atoms with van der Waals surface area (Å²) in [7, 11) is 0. The third-order valence-corrected chi connectivity index (χ3v) is 5.43. The van der Waals surface area contributed by atoms with Crippen molar-refractivity contribution in [2.24, 2.45) is 0 Å². The lowest BCUT2D eigenvalue weighted by atomic mass is 10.1. The molecule has 160 valence electrons. The van der Waals surface area contributed by atoms with Gasteiger partial charge in [-0.3, -0.25) is 15.2 Å². The zero-order chi connectivity index (χ0) is 20.7. The van der Waals surface area contributed by atoms with Crippen LogP contribution >= 0.6 is 0 Å². The lowest BCUT2D eigenvalue weighted by Crippen LogP contribution is -2.50. The van der Waals surface area contributed by atoms with Crippen LogP contribution in [0.4, 0.5) is 14.5 Å². The maximum Gasteiger partial charge on any atom is 0.270 e. The molecule has 3 rings (SSSR count). The number of benzene rings is 1. The SMILES string of the molecule is CC(F)(F)c1ccc(N/C=C\C(=N)N2CCN(CCN3CCOCC3)CC2)cc1. The maximum absolute atomic E-state index is 13.2. The van der Waals surface area contributed by atoms with Crippen LogP contribution in [0.5, 0.6) is 0 Å². The van der Waals surface area contributed by atoms with E-state index in [2.05, 4.69) is 20.0 Å². The number of ether oxygens (including phenoxy) is 1. The number of anilines is 1. The van der Waals surface area contributed by atoms with E-state index in [1.54, 1.807) is 24.4 Å². The molecule has 2 saturated heterocycles. The van der Waals surface area contributed by atoms with E-state index in [0.29, 0.717) is 5.84 Å². The van der Waals surface area contributed by atoms with E-state index < -0.39 is 5.92 Å². The number of morpholine rings is 1. The molecule has 0 radical (unpaired) electrons. The molecule has 0 amide bonds. The van der Waals surface area contributed by atoms with Gasteiger partial charge in [-0.15, -0.1) is 0 Å². The Morgan fingerprint density at radius 1 is 1.03 bits per heavy atom. The van der Waals surface area contributed by atoms with Crippen molar-refractivity contribution in [2.75, 3.05) is 70.9 Å². The van der Waals surface area contributed by atoms with E-state index >= 15 is 0 Å². The van der Waals surface area contributed by atoms with Crippen LogP contribution in [0.15, 0.2) is 36.5 Å². The highest BCUT2D eigenvalue weighted by atomic mass is 19.3. The van der Waals surface area contributed by atoms with Gasteiger partial charge in [0.05, 0.1) is 13.2 Å². The van der Waals surface area contributed by atoms with Gasteiger partial charge < -0.3 is 15.0 Å². The summed E-state index contributed by atoms with van der Waals surface area (Å²) in [4.78, 5) is 6.96. The number of nitrogens with one attached hydrogen (secondary N) is 2. The first-order valence-corrected chi connectivity index (χ1v) is 10.2. The third-order valence-electron chi connectivity index (χ3n) is 5.43. The van der Waals surface area contributed by atoms with Gasteiger partial charge in [0.15, 0.2) is 0 Å². The van der Waals surface area contributed by atoms with Crippen LogP contribution < -0.4 is 5.32 Å². The van der Waals surface area contributed by atoms with E-state index in [4.69, 9.17) is 10.1 Å². The first-order valence-electron chi connectivity index (χ1n) is 10.2. The number of amidine groups is 1. The Hall–Kier alpha value is -2.03. The van der Waals surface area contributed by atoms with E-state index in [-0.39, 0.29) is 5.56 Å². The maximum atomic E-state index is 13.2. The minimum absolute atomic E-state index is 0.00809.